The Morgan fingerprint density at radius 2 is 2.04 bits per heavy atom. The van der Waals surface area contributed by atoms with Crippen LogP contribution >= 0.6 is 0 Å². The van der Waals surface area contributed by atoms with Gasteiger partial charge in [-0.25, -0.2) is 0 Å². The summed E-state index contributed by atoms with van der Waals surface area (Å²) in [4.78, 5) is 14.6. The van der Waals surface area contributed by atoms with Crippen LogP contribution in [0.1, 0.15) is 29.0 Å². The molecule has 0 aliphatic carbocycles. The highest BCUT2D eigenvalue weighted by Gasteiger charge is 2.25. The van der Waals surface area contributed by atoms with Crippen molar-refractivity contribution in [1.82, 2.24) is 20.0 Å². The minimum atomic E-state index is -0.0484. The van der Waals surface area contributed by atoms with Gasteiger partial charge < -0.3 is 14.5 Å². The van der Waals surface area contributed by atoms with Crippen LogP contribution in [0.25, 0.3) is 0 Å². The lowest BCUT2D eigenvalue weighted by atomic mass is 10.1. The maximum atomic E-state index is 12.4. The monoisotopic (exact) mass is 346 g/mol. The third-order valence-electron chi connectivity index (χ3n) is 4.47. The Labute approximate surface area is 147 Å². The highest BCUT2D eigenvalue weighted by atomic mass is 16.5. The fraction of sp³-hybridized carbons (Fsp3) is 0.556. The Hall–Kier alpha value is -2.12. The molecule has 1 N–H and O–H groups in total. The van der Waals surface area contributed by atoms with Crippen molar-refractivity contribution in [2.75, 3.05) is 32.8 Å². The predicted molar refractivity (Wildman–Crippen MR) is 93.3 cm³/mol. The standard InChI is InChI=1S/C18H26N4O3/c1-13-10-14(2)22(20-13)12-18(23)19-11-16(17-5-4-15(3)25-17)21-6-8-24-9-7-21/h4-5,10,16H,6-9,11-12H2,1-3H3,(H,19,23)/t16-/m0/s1. The van der Waals surface area contributed by atoms with Crippen LogP contribution in [0.3, 0.4) is 0 Å². The molecule has 25 heavy (non-hydrogen) atoms. The van der Waals surface area contributed by atoms with Crippen molar-refractivity contribution in [3.05, 3.63) is 41.1 Å². The van der Waals surface area contributed by atoms with Gasteiger partial charge in [0, 0.05) is 25.3 Å². The number of ether oxygens (including phenoxy) is 1. The van der Waals surface area contributed by atoms with Gasteiger partial charge in [-0.15, -0.1) is 0 Å². The van der Waals surface area contributed by atoms with Gasteiger partial charge in [-0.1, -0.05) is 0 Å². The van der Waals surface area contributed by atoms with Gasteiger partial charge in [0.2, 0.25) is 5.91 Å². The van der Waals surface area contributed by atoms with Gasteiger partial charge in [0.15, 0.2) is 0 Å². The van der Waals surface area contributed by atoms with E-state index in [9.17, 15) is 4.79 Å². The zero-order valence-electron chi connectivity index (χ0n) is 15.1. The van der Waals surface area contributed by atoms with Crippen LogP contribution in [0.2, 0.25) is 0 Å². The lowest BCUT2D eigenvalue weighted by Gasteiger charge is -2.33. The van der Waals surface area contributed by atoms with Crippen molar-refractivity contribution < 1.29 is 13.9 Å². The number of amides is 1. The first-order valence-electron chi connectivity index (χ1n) is 8.69. The number of hydrogen-bond acceptors (Lipinski definition) is 5. The quantitative estimate of drug-likeness (QED) is 0.860. The lowest BCUT2D eigenvalue weighted by Crippen LogP contribution is -2.44. The fourth-order valence-corrected chi connectivity index (χ4v) is 3.17. The highest BCUT2D eigenvalue weighted by Crippen LogP contribution is 2.23. The molecule has 3 heterocycles. The molecule has 0 bridgehead atoms. The average Bonchev–Trinajstić information content (AvgIpc) is 3.14. The van der Waals surface area contributed by atoms with E-state index in [1.165, 1.54) is 0 Å². The van der Waals surface area contributed by atoms with E-state index >= 15 is 0 Å². The molecule has 3 rings (SSSR count). The highest BCUT2D eigenvalue weighted by molar-refractivity contribution is 5.75. The van der Waals surface area contributed by atoms with Crippen LogP contribution in [-0.2, 0) is 16.1 Å². The molecular formula is C18H26N4O3. The second-order valence-electron chi connectivity index (χ2n) is 6.50. The zero-order chi connectivity index (χ0) is 17.8. The summed E-state index contributed by atoms with van der Waals surface area (Å²) >= 11 is 0. The molecule has 1 aliphatic rings. The molecule has 1 atom stereocenters. The number of carbonyl (C=O) groups is 1. The molecule has 0 aromatic carbocycles. The number of aromatic nitrogens is 2. The van der Waals surface area contributed by atoms with Gasteiger partial charge in [-0.05, 0) is 39.0 Å². The van der Waals surface area contributed by atoms with Crippen molar-refractivity contribution in [2.45, 2.75) is 33.4 Å². The predicted octanol–water partition coefficient (Wildman–Crippen LogP) is 1.59. The Morgan fingerprint density at radius 3 is 2.64 bits per heavy atom. The van der Waals surface area contributed by atoms with Gasteiger partial charge in [0.05, 0.1) is 24.9 Å². The second-order valence-corrected chi connectivity index (χ2v) is 6.50. The Balaban J connectivity index is 1.63. The molecule has 0 spiro atoms. The number of rotatable bonds is 6. The summed E-state index contributed by atoms with van der Waals surface area (Å²) in [6.07, 6.45) is 0. The van der Waals surface area contributed by atoms with E-state index in [0.29, 0.717) is 19.8 Å². The van der Waals surface area contributed by atoms with E-state index in [1.54, 1.807) is 4.68 Å². The molecule has 1 saturated heterocycles. The third-order valence-corrected chi connectivity index (χ3v) is 4.47. The third kappa shape index (κ3) is 4.49. The van der Waals surface area contributed by atoms with Gasteiger partial charge in [-0.3, -0.25) is 14.4 Å². The zero-order valence-corrected chi connectivity index (χ0v) is 15.1. The molecule has 2 aromatic rings. The normalized spacial score (nSPS) is 16.8. The average molecular weight is 346 g/mol. The Kier molecular flexibility index (Phi) is 5.55. The van der Waals surface area contributed by atoms with Crippen LogP contribution in [0.15, 0.2) is 22.6 Å². The topological polar surface area (TPSA) is 72.5 Å². The van der Waals surface area contributed by atoms with Crippen LogP contribution in [-0.4, -0.2) is 53.4 Å². The second kappa shape index (κ2) is 7.84. The van der Waals surface area contributed by atoms with Crippen molar-refractivity contribution in [3.8, 4) is 0 Å². The molecule has 0 unspecified atom stereocenters. The number of nitrogens with one attached hydrogen (secondary N) is 1. The van der Waals surface area contributed by atoms with Crippen molar-refractivity contribution >= 4 is 5.91 Å². The maximum absolute atomic E-state index is 12.4. The van der Waals surface area contributed by atoms with E-state index in [-0.39, 0.29) is 18.5 Å². The van der Waals surface area contributed by atoms with Crippen molar-refractivity contribution in [1.29, 1.82) is 0 Å². The molecule has 7 heteroatoms. The summed E-state index contributed by atoms with van der Waals surface area (Å²) in [5, 5.41) is 7.37. The molecular weight excluding hydrogens is 320 g/mol. The Bertz CT molecular complexity index is 716. The number of hydrogen-bond donors (Lipinski definition) is 1. The van der Waals surface area contributed by atoms with Crippen LogP contribution in [0.5, 0.6) is 0 Å². The first-order valence-corrected chi connectivity index (χ1v) is 8.69. The minimum absolute atomic E-state index is 0.0157. The lowest BCUT2D eigenvalue weighted by molar-refractivity contribution is -0.122. The Morgan fingerprint density at radius 1 is 1.28 bits per heavy atom. The summed E-state index contributed by atoms with van der Waals surface area (Å²) in [7, 11) is 0. The van der Waals surface area contributed by atoms with Crippen LogP contribution in [0, 0.1) is 20.8 Å². The summed E-state index contributed by atoms with van der Waals surface area (Å²) in [6, 6.07) is 5.93. The molecule has 1 aliphatic heterocycles. The summed E-state index contributed by atoms with van der Waals surface area (Å²) in [6.45, 7) is 9.62. The number of furan rings is 1. The van der Waals surface area contributed by atoms with Crippen LogP contribution < -0.4 is 5.32 Å². The fourth-order valence-electron chi connectivity index (χ4n) is 3.17. The largest absolute Gasteiger partial charge is 0.465 e. The number of aryl methyl sites for hydroxylation is 3. The van der Waals surface area contributed by atoms with Crippen molar-refractivity contribution in [2.24, 2.45) is 0 Å². The van der Waals surface area contributed by atoms with E-state index in [4.69, 9.17) is 9.15 Å². The number of nitrogens with zero attached hydrogens (tertiary/aromatic N) is 3. The van der Waals surface area contributed by atoms with Gasteiger partial charge in [0.25, 0.3) is 0 Å². The molecule has 0 radical (unpaired) electrons. The first-order chi connectivity index (χ1) is 12.0. The van der Waals surface area contributed by atoms with E-state index in [1.807, 2.05) is 39.0 Å². The van der Waals surface area contributed by atoms with E-state index in [0.717, 1.165) is 36.0 Å². The smallest absolute Gasteiger partial charge is 0.241 e. The number of morpholine rings is 1. The molecule has 7 nitrogen and oxygen atoms in total. The van der Waals surface area contributed by atoms with Crippen LogP contribution in [0.4, 0.5) is 0 Å². The molecule has 0 saturated carbocycles. The van der Waals surface area contributed by atoms with E-state index in [2.05, 4.69) is 15.3 Å². The molecule has 136 valence electrons. The SMILES string of the molecule is Cc1cc(C)n(CC(=O)NC[C@@H](c2ccc(C)o2)N2CCOCC2)n1. The minimum Gasteiger partial charge on any atom is -0.465 e. The van der Waals surface area contributed by atoms with E-state index < -0.39 is 0 Å². The van der Waals surface area contributed by atoms with Crippen molar-refractivity contribution in [3.63, 3.8) is 0 Å². The molecule has 2 aromatic heterocycles. The first kappa shape index (κ1) is 17.7. The molecule has 1 amide bonds. The number of carbonyl (C=O) groups excluding carboxylic acids is 1. The summed E-state index contributed by atoms with van der Waals surface area (Å²) < 4.78 is 13.0. The summed E-state index contributed by atoms with van der Waals surface area (Å²) in [5.41, 5.74) is 1.90. The molecule has 1 fully saturated rings. The van der Waals surface area contributed by atoms with Gasteiger partial charge in [-0.2, -0.15) is 5.10 Å². The summed E-state index contributed by atoms with van der Waals surface area (Å²) in [5.74, 6) is 1.71. The van der Waals surface area contributed by atoms with Gasteiger partial charge in [0.1, 0.15) is 18.1 Å². The van der Waals surface area contributed by atoms with Gasteiger partial charge >= 0.3 is 0 Å². The maximum Gasteiger partial charge on any atom is 0.241 e.